The summed E-state index contributed by atoms with van der Waals surface area (Å²) in [6.07, 6.45) is 3.22. The summed E-state index contributed by atoms with van der Waals surface area (Å²) in [6, 6.07) is 0. The van der Waals surface area contributed by atoms with Crippen molar-refractivity contribution in [1.29, 1.82) is 0 Å². The smallest absolute Gasteiger partial charge is 0.784 e. The maximum Gasteiger partial charge on any atom is 1.00 e. The van der Waals surface area contributed by atoms with E-state index in [0.717, 1.165) is 11.1 Å². The summed E-state index contributed by atoms with van der Waals surface area (Å²) in [4.78, 5) is 36.4. The summed E-state index contributed by atoms with van der Waals surface area (Å²) < 4.78 is 25.3. The molecule has 0 aliphatic heterocycles. The molecule has 0 aromatic heterocycles. The SMILES string of the molecule is C=O.C=O.CC(=O)C=C(C)C.CC(=O)C=C(C)C.O=S([O-])[O-].[Na+].[Na+]. The summed E-state index contributed by atoms with van der Waals surface area (Å²) in [5.74, 6) is 0.250. The van der Waals surface area contributed by atoms with Crippen molar-refractivity contribution in [3.05, 3.63) is 23.3 Å². The van der Waals surface area contributed by atoms with Crippen molar-refractivity contribution < 1.29 is 91.6 Å². The molecule has 24 heavy (non-hydrogen) atoms. The molecular formula is C14H24Na2O7S. The van der Waals surface area contributed by atoms with E-state index in [2.05, 4.69) is 0 Å². The van der Waals surface area contributed by atoms with Crippen LogP contribution in [0.15, 0.2) is 23.3 Å². The average Bonchev–Trinajstić information content (AvgIpc) is 2.30. The molecule has 0 spiro atoms. The molecule has 130 valence electrons. The zero-order valence-electron chi connectivity index (χ0n) is 15.8. The van der Waals surface area contributed by atoms with Gasteiger partial charge in [-0.25, -0.2) is 0 Å². The third-order valence-corrected chi connectivity index (χ3v) is 0.984. The van der Waals surface area contributed by atoms with Crippen LogP contribution in [0.5, 0.6) is 0 Å². The molecular weight excluding hydrogens is 358 g/mol. The van der Waals surface area contributed by atoms with Crippen LogP contribution in [-0.2, 0) is 30.5 Å². The fraction of sp³-hybridized carbons (Fsp3) is 0.429. The zero-order valence-corrected chi connectivity index (χ0v) is 20.7. The first kappa shape index (κ1) is 44.0. The Morgan fingerprint density at radius 2 is 0.833 bits per heavy atom. The molecule has 0 heterocycles. The van der Waals surface area contributed by atoms with Gasteiger partial charge in [0.05, 0.1) is 0 Å². The van der Waals surface area contributed by atoms with E-state index in [0.29, 0.717) is 0 Å². The maximum atomic E-state index is 10.2. The molecule has 0 unspecified atom stereocenters. The molecule has 0 aliphatic carbocycles. The second-order valence-corrected chi connectivity index (χ2v) is 4.28. The fourth-order valence-corrected chi connectivity index (χ4v) is 0.813. The van der Waals surface area contributed by atoms with E-state index in [-0.39, 0.29) is 70.7 Å². The van der Waals surface area contributed by atoms with Gasteiger partial charge in [-0.3, -0.25) is 13.8 Å². The molecule has 0 aromatic carbocycles. The van der Waals surface area contributed by atoms with Gasteiger partial charge in [-0.15, -0.1) is 11.4 Å². The van der Waals surface area contributed by atoms with Crippen LogP contribution in [0.2, 0.25) is 0 Å². The van der Waals surface area contributed by atoms with Gasteiger partial charge in [0.2, 0.25) is 0 Å². The van der Waals surface area contributed by atoms with Gasteiger partial charge in [0.15, 0.2) is 11.6 Å². The van der Waals surface area contributed by atoms with Crippen molar-refractivity contribution in [3.8, 4) is 0 Å². The third-order valence-electron chi connectivity index (χ3n) is 0.984. The minimum Gasteiger partial charge on any atom is -0.784 e. The average molecular weight is 382 g/mol. The van der Waals surface area contributed by atoms with Crippen LogP contribution in [0, 0.1) is 0 Å². The number of carbonyl (C=O) groups excluding carboxylic acids is 4. The Bertz CT molecular complexity index is 341. The molecule has 0 aromatic rings. The van der Waals surface area contributed by atoms with E-state index >= 15 is 0 Å². The predicted octanol–water partition coefficient (Wildman–Crippen LogP) is -4.28. The number of hydrogen-bond acceptors (Lipinski definition) is 7. The second kappa shape index (κ2) is 38.7. The van der Waals surface area contributed by atoms with Gasteiger partial charge < -0.3 is 18.7 Å². The number of allylic oxidation sites excluding steroid dienone is 4. The first-order valence-corrected chi connectivity index (χ1v) is 6.64. The Morgan fingerprint density at radius 1 is 0.708 bits per heavy atom. The quantitative estimate of drug-likeness (QED) is 0.268. The van der Waals surface area contributed by atoms with E-state index in [1.165, 1.54) is 0 Å². The van der Waals surface area contributed by atoms with Crippen molar-refractivity contribution in [2.24, 2.45) is 0 Å². The van der Waals surface area contributed by atoms with Gasteiger partial charge in [-0.2, -0.15) is 0 Å². The molecule has 0 saturated heterocycles. The van der Waals surface area contributed by atoms with Gasteiger partial charge >= 0.3 is 59.1 Å². The van der Waals surface area contributed by atoms with Gasteiger partial charge in [0, 0.05) is 0 Å². The van der Waals surface area contributed by atoms with Crippen LogP contribution < -0.4 is 59.1 Å². The van der Waals surface area contributed by atoms with Crippen molar-refractivity contribution in [1.82, 2.24) is 0 Å². The summed E-state index contributed by atoms with van der Waals surface area (Å²) in [5.41, 5.74) is 2.13. The van der Waals surface area contributed by atoms with Crippen molar-refractivity contribution in [3.63, 3.8) is 0 Å². The first-order chi connectivity index (χ1) is 9.98. The Balaban J connectivity index is -0.0000000322. The van der Waals surface area contributed by atoms with Gasteiger partial charge in [-0.05, 0) is 53.7 Å². The standard InChI is InChI=1S/2C6H10O.2CH2O.2Na.H2O3S/c2*1-5(2)4-6(3)7;2*1-2;;;1-4(2)3/h2*4H,1-3H3;2*1H2;;;(H2,1,2,3)/q;;;;2*+1;/p-2. The molecule has 0 bridgehead atoms. The number of ketones is 2. The minimum atomic E-state index is -3.11. The zero-order chi connectivity index (χ0) is 19.3. The molecule has 0 radical (unpaired) electrons. The molecule has 0 fully saturated rings. The van der Waals surface area contributed by atoms with Crippen LogP contribution in [0.25, 0.3) is 0 Å². The molecule has 0 N–H and O–H groups in total. The van der Waals surface area contributed by atoms with Crippen molar-refractivity contribution in [2.75, 3.05) is 0 Å². The Kier molecular flexibility index (Phi) is 71.0. The van der Waals surface area contributed by atoms with E-state index in [4.69, 9.17) is 22.9 Å². The summed E-state index contributed by atoms with van der Waals surface area (Å²) in [7, 11) is 0. The molecule has 10 heteroatoms. The summed E-state index contributed by atoms with van der Waals surface area (Å²) in [5, 5.41) is 0. The topological polar surface area (TPSA) is 131 Å². The molecule has 0 saturated carbocycles. The van der Waals surface area contributed by atoms with Gasteiger partial charge in [0.25, 0.3) is 0 Å². The second-order valence-electron chi connectivity index (χ2n) is 3.87. The van der Waals surface area contributed by atoms with E-state index in [1.54, 1.807) is 26.0 Å². The largest absolute Gasteiger partial charge is 1.00 e. The predicted molar refractivity (Wildman–Crippen MR) is 84.2 cm³/mol. The first-order valence-electron chi connectivity index (χ1n) is 5.64. The molecule has 0 aliphatic rings. The van der Waals surface area contributed by atoms with Crippen LogP contribution in [-0.4, -0.2) is 38.5 Å². The third kappa shape index (κ3) is 148. The monoisotopic (exact) mass is 382 g/mol. The maximum absolute atomic E-state index is 10.2. The number of hydrogen-bond donors (Lipinski definition) is 0. The molecule has 0 amide bonds. The van der Waals surface area contributed by atoms with Crippen molar-refractivity contribution in [2.45, 2.75) is 41.5 Å². The number of rotatable bonds is 2. The Hall–Kier alpha value is 0.230. The normalized spacial score (nSPS) is 6.38. The Morgan fingerprint density at radius 3 is 0.833 bits per heavy atom. The van der Waals surface area contributed by atoms with Crippen LogP contribution in [0.4, 0.5) is 0 Å². The van der Waals surface area contributed by atoms with Crippen LogP contribution in [0.3, 0.4) is 0 Å². The van der Waals surface area contributed by atoms with E-state index in [9.17, 15) is 9.59 Å². The molecule has 7 nitrogen and oxygen atoms in total. The van der Waals surface area contributed by atoms with E-state index < -0.39 is 11.4 Å². The van der Waals surface area contributed by atoms with Gasteiger partial charge in [-0.1, -0.05) is 11.1 Å². The van der Waals surface area contributed by atoms with Gasteiger partial charge in [0.1, 0.15) is 13.6 Å². The molecule has 0 rings (SSSR count). The van der Waals surface area contributed by atoms with Crippen molar-refractivity contribution >= 4 is 36.5 Å². The summed E-state index contributed by atoms with van der Waals surface area (Å²) >= 11 is -3.11. The molecule has 0 atom stereocenters. The Labute approximate surface area is 191 Å². The minimum absolute atomic E-state index is 0. The fourth-order valence-electron chi connectivity index (χ4n) is 0.813. The summed E-state index contributed by atoms with van der Waals surface area (Å²) in [6.45, 7) is 14.7. The van der Waals surface area contributed by atoms with Crippen LogP contribution >= 0.6 is 0 Å². The van der Waals surface area contributed by atoms with E-state index in [1.807, 2.05) is 41.3 Å². The number of carbonyl (C=O) groups is 4. The van der Waals surface area contributed by atoms with Crippen LogP contribution in [0.1, 0.15) is 41.5 Å².